The monoisotopic (exact) mass is 242 g/mol. The molecular formula is C12H24N3O2+. The molecule has 3 N–H and O–H groups in total. The van der Waals surface area contributed by atoms with Crippen molar-refractivity contribution in [1.29, 1.82) is 0 Å². The van der Waals surface area contributed by atoms with Crippen molar-refractivity contribution < 1.29 is 14.5 Å². The number of likely N-dealkylation sites (tertiary alicyclic amines) is 1. The molecule has 1 fully saturated rings. The zero-order valence-electron chi connectivity index (χ0n) is 10.8. The van der Waals surface area contributed by atoms with Crippen LogP contribution in [0.15, 0.2) is 0 Å². The summed E-state index contributed by atoms with van der Waals surface area (Å²) < 4.78 is 0. The van der Waals surface area contributed by atoms with Crippen LogP contribution in [0.2, 0.25) is 0 Å². The minimum atomic E-state index is -0.511. The predicted octanol–water partition coefficient (Wildman–Crippen LogP) is -1.30. The number of nitrogens with one attached hydrogen (secondary N) is 3. The van der Waals surface area contributed by atoms with Crippen molar-refractivity contribution in [3.8, 4) is 0 Å². The fourth-order valence-corrected chi connectivity index (χ4v) is 2.31. The predicted molar refractivity (Wildman–Crippen MR) is 65.7 cm³/mol. The summed E-state index contributed by atoms with van der Waals surface area (Å²) in [4.78, 5) is 24.3. The Balaban J connectivity index is 2.25. The van der Waals surface area contributed by atoms with E-state index in [1.54, 1.807) is 0 Å². The number of carbonyl (C=O) groups excluding carboxylic acids is 2. The molecule has 5 nitrogen and oxygen atoms in total. The number of carbonyl (C=O) groups is 2. The molecule has 1 aliphatic rings. The van der Waals surface area contributed by atoms with Crippen LogP contribution in [-0.2, 0) is 9.59 Å². The lowest BCUT2D eigenvalue weighted by molar-refractivity contribution is -0.909. The molecule has 1 aliphatic heterocycles. The van der Waals surface area contributed by atoms with E-state index in [2.05, 4.69) is 17.6 Å². The third-order valence-corrected chi connectivity index (χ3v) is 3.33. The molecule has 1 saturated heterocycles. The van der Waals surface area contributed by atoms with Crippen LogP contribution in [0, 0.1) is 0 Å². The van der Waals surface area contributed by atoms with E-state index in [4.69, 9.17) is 0 Å². The Morgan fingerprint density at radius 1 is 1.24 bits per heavy atom. The van der Waals surface area contributed by atoms with Gasteiger partial charge in [0.1, 0.15) is 6.04 Å². The van der Waals surface area contributed by atoms with Crippen LogP contribution in [0.4, 0.5) is 0 Å². The highest BCUT2D eigenvalue weighted by atomic mass is 16.2. The highest BCUT2D eigenvalue weighted by molar-refractivity contribution is 6.35. The lowest BCUT2D eigenvalue weighted by Gasteiger charge is -2.19. The van der Waals surface area contributed by atoms with Crippen LogP contribution in [-0.4, -0.2) is 44.0 Å². The maximum atomic E-state index is 11.5. The van der Waals surface area contributed by atoms with Crippen molar-refractivity contribution in [2.45, 2.75) is 39.2 Å². The zero-order chi connectivity index (χ0) is 12.7. The van der Waals surface area contributed by atoms with E-state index in [0.29, 0.717) is 19.1 Å². The van der Waals surface area contributed by atoms with E-state index in [-0.39, 0.29) is 0 Å². The van der Waals surface area contributed by atoms with Crippen molar-refractivity contribution in [2.24, 2.45) is 0 Å². The summed E-state index contributed by atoms with van der Waals surface area (Å²) in [5.74, 6) is -1.01. The molecule has 0 aromatic heterocycles. The lowest BCUT2D eigenvalue weighted by Crippen LogP contribution is -3.14. The molecule has 1 unspecified atom stereocenters. The first-order valence-corrected chi connectivity index (χ1v) is 6.59. The molecular weight excluding hydrogens is 218 g/mol. The second kappa shape index (κ2) is 7.27. The maximum Gasteiger partial charge on any atom is 0.309 e. The van der Waals surface area contributed by atoms with Crippen molar-refractivity contribution in [1.82, 2.24) is 10.6 Å². The van der Waals surface area contributed by atoms with Gasteiger partial charge in [0.25, 0.3) is 0 Å². The first kappa shape index (κ1) is 14.0. The molecule has 0 radical (unpaired) electrons. The summed E-state index contributed by atoms with van der Waals surface area (Å²) in [7, 11) is 0. The van der Waals surface area contributed by atoms with E-state index in [0.717, 1.165) is 19.4 Å². The first-order chi connectivity index (χ1) is 8.19. The van der Waals surface area contributed by atoms with Crippen LogP contribution in [0.25, 0.3) is 0 Å². The molecule has 1 rings (SSSR count). The molecule has 0 bridgehead atoms. The average Bonchev–Trinajstić information content (AvgIpc) is 2.80. The van der Waals surface area contributed by atoms with Gasteiger partial charge in [-0.1, -0.05) is 6.92 Å². The number of hydrogen-bond donors (Lipinski definition) is 3. The van der Waals surface area contributed by atoms with Gasteiger partial charge in [-0.2, -0.15) is 0 Å². The van der Waals surface area contributed by atoms with Crippen molar-refractivity contribution in [3.05, 3.63) is 0 Å². The van der Waals surface area contributed by atoms with Gasteiger partial charge >= 0.3 is 11.8 Å². The molecule has 2 atom stereocenters. The zero-order valence-corrected chi connectivity index (χ0v) is 10.8. The third kappa shape index (κ3) is 4.34. The first-order valence-electron chi connectivity index (χ1n) is 6.59. The summed E-state index contributed by atoms with van der Waals surface area (Å²) in [5.41, 5.74) is 0. The molecule has 5 heteroatoms. The Labute approximate surface area is 103 Å². The number of hydrogen-bond acceptors (Lipinski definition) is 2. The van der Waals surface area contributed by atoms with Gasteiger partial charge < -0.3 is 15.5 Å². The van der Waals surface area contributed by atoms with Gasteiger partial charge in [0, 0.05) is 19.4 Å². The van der Waals surface area contributed by atoms with Crippen molar-refractivity contribution in [3.63, 3.8) is 0 Å². The van der Waals surface area contributed by atoms with Crippen LogP contribution < -0.4 is 15.5 Å². The summed E-state index contributed by atoms with van der Waals surface area (Å²) in [6, 6.07) is 0.475. The molecule has 98 valence electrons. The summed E-state index contributed by atoms with van der Waals surface area (Å²) in [5, 5.41) is 5.30. The smallest absolute Gasteiger partial charge is 0.309 e. The standard InChI is InChI=1S/C12H23N3O2/c1-3-7-13-11(16)12(17)14-9-10-6-5-8-15(10)4-2/h10H,3-9H2,1-2H3,(H,13,16)(H,14,17)/p+1/t10-/m1/s1. The summed E-state index contributed by atoms with van der Waals surface area (Å²) in [6.07, 6.45) is 3.20. The second-order valence-electron chi connectivity index (χ2n) is 4.57. The summed E-state index contributed by atoms with van der Waals surface area (Å²) in [6.45, 7) is 7.55. The van der Waals surface area contributed by atoms with Gasteiger partial charge in [-0.3, -0.25) is 9.59 Å². The quantitative estimate of drug-likeness (QED) is 0.525. The van der Waals surface area contributed by atoms with Crippen molar-refractivity contribution >= 4 is 11.8 Å². The molecule has 2 amide bonds. The Bertz CT molecular complexity index is 268. The van der Waals surface area contributed by atoms with Crippen molar-refractivity contribution in [2.75, 3.05) is 26.2 Å². The van der Waals surface area contributed by atoms with Gasteiger partial charge in [-0.15, -0.1) is 0 Å². The molecule has 0 spiro atoms. The van der Waals surface area contributed by atoms with E-state index in [1.165, 1.54) is 17.9 Å². The topological polar surface area (TPSA) is 62.6 Å². The fourth-order valence-electron chi connectivity index (χ4n) is 2.31. The molecule has 1 heterocycles. The number of quaternary nitrogens is 1. The Morgan fingerprint density at radius 2 is 1.94 bits per heavy atom. The molecule has 0 saturated carbocycles. The molecule has 0 aromatic carbocycles. The van der Waals surface area contributed by atoms with Crippen LogP contribution in [0.5, 0.6) is 0 Å². The third-order valence-electron chi connectivity index (χ3n) is 3.33. The van der Waals surface area contributed by atoms with Gasteiger partial charge in [0.15, 0.2) is 0 Å². The van der Waals surface area contributed by atoms with Gasteiger partial charge in [-0.25, -0.2) is 0 Å². The lowest BCUT2D eigenvalue weighted by atomic mass is 10.2. The highest BCUT2D eigenvalue weighted by Gasteiger charge is 2.27. The van der Waals surface area contributed by atoms with E-state index >= 15 is 0 Å². The summed E-state index contributed by atoms with van der Waals surface area (Å²) >= 11 is 0. The Kier molecular flexibility index (Phi) is 5.97. The Hall–Kier alpha value is -1.10. The second-order valence-corrected chi connectivity index (χ2v) is 4.57. The number of likely N-dealkylation sites (N-methyl/N-ethyl adjacent to an activating group) is 1. The van der Waals surface area contributed by atoms with Gasteiger partial charge in [0.2, 0.25) is 0 Å². The Morgan fingerprint density at radius 3 is 2.59 bits per heavy atom. The van der Waals surface area contributed by atoms with E-state index in [1.807, 2.05) is 6.92 Å². The largest absolute Gasteiger partial charge is 0.348 e. The van der Waals surface area contributed by atoms with E-state index in [9.17, 15) is 9.59 Å². The number of amides is 2. The normalized spacial score (nSPS) is 23.4. The van der Waals surface area contributed by atoms with Crippen LogP contribution in [0.1, 0.15) is 33.1 Å². The average molecular weight is 242 g/mol. The minimum absolute atomic E-state index is 0.475. The van der Waals surface area contributed by atoms with Crippen LogP contribution >= 0.6 is 0 Å². The molecule has 0 aromatic rings. The maximum absolute atomic E-state index is 11.5. The van der Waals surface area contributed by atoms with E-state index < -0.39 is 11.8 Å². The highest BCUT2D eigenvalue weighted by Crippen LogP contribution is 1.98. The minimum Gasteiger partial charge on any atom is -0.348 e. The van der Waals surface area contributed by atoms with Gasteiger partial charge in [0.05, 0.1) is 19.6 Å². The SMILES string of the molecule is CCCNC(=O)C(=O)NC[C@H]1CCC[NH+]1CC. The fraction of sp³-hybridized carbons (Fsp3) is 0.833. The number of rotatable bonds is 5. The molecule has 0 aliphatic carbocycles. The molecule has 17 heavy (non-hydrogen) atoms. The van der Waals surface area contributed by atoms with Gasteiger partial charge in [-0.05, 0) is 13.3 Å². The van der Waals surface area contributed by atoms with Crippen LogP contribution in [0.3, 0.4) is 0 Å².